The summed E-state index contributed by atoms with van der Waals surface area (Å²) in [5.41, 5.74) is 1.46. The van der Waals surface area contributed by atoms with Crippen molar-refractivity contribution in [1.82, 2.24) is 0 Å². The average Bonchev–Trinajstić information content (AvgIpc) is 3.33. The van der Waals surface area contributed by atoms with E-state index < -0.39 is 29.9 Å². The number of hydrogen-bond donors (Lipinski definition) is 1. The third-order valence-corrected chi connectivity index (χ3v) is 6.52. The van der Waals surface area contributed by atoms with Crippen LogP contribution in [0.5, 0.6) is 11.5 Å². The van der Waals surface area contributed by atoms with Crippen LogP contribution in [0.2, 0.25) is 10.0 Å². The summed E-state index contributed by atoms with van der Waals surface area (Å²) >= 11 is 12.6. The molecule has 3 aromatic rings. The lowest BCUT2D eigenvalue weighted by atomic mass is 9.90. The molecule has 2 aliphatic heterocycles. The van der Waals surface area contributed by atoms with E-state index in [1.54, 1.807) is 35.4 Å². The van der Waals surface area contributed by atoms with Crippen molar-refractivity contribution < 1.29 is 24.3 Å². The van der Waals surface area contributed by atoms with Crippen LogP contribution in [0.4, 0.5) is 11.4 Å². The molecule has 7 nitrogen and oxygen atoms in total. The monoisotopic (exact) mass is 498 g/mol. The number of amides is 2. The quantitative estimate of drug-likeness (QED) is 0.490. The van der Waals surface area contributed by atoms with Crippen LogP contribution in [-0.2, 0) is 14.4 Å². The Morgan fingerprint density at radius 3 is 2.35 bits per heavy atom. The molecule has 0 aromatic heterocycles. The number of benzene rings is 3. The zero-order valence-electron chi connectivity index (χ0n) is 18.0. The van der Waals surface area contributed by atoms with Crippen molar-refractivity contribution >= 4 is 46.4 Å². The van der Waals surface area contributed by atoms with Gasteiger partial charge in [-0.05, 0) is 48.9 Å². The number of ether oxygens (including phenoxy) is 1. The maximum Gasteiger partial charge on any atom is 0.266 e. The normalized spacial score (nSPS) is 21.8. The number of hydrogen-bond acceptors (Lipinski definition) is 6. The van der Waals surface area contributed by atoms with E-state index in [0.717, 1.165) is 4.90 Å². The summed E-state index contributed by atoms with van der Waals surface area (Å²) in [7, 11) is 0. The lowest BCUT2D eigenvalue weighted by molar-refractivity contribution is -0.126. The summed E-state index contributed by atoms with van der Waals surface area (Å²) in [6.07, 6.45) is -1.07. The SMILES string of the molecule is CCOc1cc([C@H]2[C@@H]3C(=O)N(c4c(Cl)cccc4Cl)C(=O)[C@@H]3ON2c2ccccc2)ccc1O. The number of aromatic hydroxyl groups is 1. The van der Waals surface area contributed by atoms with Crippen molar-refractivity contribution in [2.45, 2.75) is 19.1 Å². The molecule has 0 unspecified atom stereocenters. The Labute approximate surface area is 206 Å². The van der Waals surface area contributed by atoms with Gasteiger partial charge >= 0.3 is 0 Å². The van der Waals surface area contributed by atoms with Gasteiger partial charge in [0.05, 0.1) is 34.1 Å². The number of rotatable bonds is 5. The second-order valence-electron chi connectivity index (χ2n) is 7.90. The highest BCUT2D eigenvalue weighted by atomic mass is 35.5. The van der Waals surface area contributed by atoms with Crippen LogP contribution in [0.1, 0.15) is 18.5 Å². The van der Waals surface area contributed by atoms with Gasteiger partial charge in [0.15, 0.2) is 17.6 Å². The molecule has 174 valence electrons. The van der Waals surface area contributed by atoms with Gasteiger partial charge in [-0.2, -0.15) is 0 Å². The Morgan fingerprint density at radius 2 is 1.68 bits per heavy atom. The van der Waals surface area contributed by atoms with Gasteiger partial charge in [0.2, 0.25) is 5.91 Å². The Bertz CT molecular complexity index is 1250. The molecule has 9 heteroatoms. The molecule has 0 spiro atoms. The van der Waals surface area contributed by atoms with E-state index in [1.165, 1.54) is 6.07 Å². The highest BCUT2D eigenvalue weighted by Crippen LogP contribution is 2.50. The first-order valence-corrected chi connectivity index (χ1v) is 11.5. The molecule has 0 radical (unpaired) electrons. The van der Waals surface area contributed by atoms with Gasteiger partial charge in [0.25, 0.3) is 5.91 Å². The molecular formula is C25H20Cl2N2O5. The van der Waals surface area contributed by atoms with Crippen LogP contribution in [0.25, 0.3) is 0 Å². The molecule has 2 saturated heterocycles. The van der Waals surface area contributed by atoms with E-state index in [1.807, 2.05) is 37.3 Å². The van der Waals surface area contributed by atoms with Gasteiger partial charge in [0, 0.05) is 0 Å². The highest BCUT2D eigenvalue weighted by Gasteiger charge is 2.60. The van der Waals surface area contributed by atoms with Gasteiger partial charge in [-0.3, -0.25) is 14.4 Å². The highest BCUT2D eigenvalue weighted by molar-refractivity contribution is 6.42. The summed E-state index contributed by atoms with van der Waals surface area (Å²) in [4.78, 5) is 34.3. The lowest BCUT2D eigenvalue weighted by Crippen LogP contribution is -2.37. The molecule has 34 heavy (non-hydrogen) atoms. The predicted molar refractivity (Wildman–Crippen MR) is 128 cm³/mol. The van der Waals surface area contributed by atoms with E-state index in [2.05, 4.69) is 0 Å². The van der Waals surface area contributed by atoms with E-state index in [4.69, 9.17) is 32.8 Å². The minimum Gasteiger partial charge on any atom is -0.504 e. The summed E-state index contributed by atoms with van der Waals surface area (Å²) in [5, 5.41) is 12.1. The standard InChI is InChI=1S/C25H20Cl2N2O5/c1-2-33-19-13-14(11-12-18(19)30)21-20-23(34-29(21)15-7-4-3-5-8-15)25(32)28(24(20)31)22-16(26)9-6-10-17(22)27/h3-13,20-21,23,30H,2H2,1H3/t20-,21-,23+/m0/s1. The minimum absolute atomic E-state index is 0.0226. The Kier molecular flexibility index (Phi) is 5.85. The summed E-state index contributed by atoms with van der Waals surface area (Å²) in [5.74, 6) is -1.64. The molecule has 3 aromatic carbocycles. The van der Waals surface area contributed by atoms with Crippen LogP contribution in [0.3, 0.4) is 0 Å². The fourth-order valence-electron chi connectivity index (χ4n) is 4.46. The summed E-state index contributed by atoms with van der Waals surface area (Å²) in [6.45, 7) is 2.16. The van der Waals surface area contributed by atoms with Gasteiger partial charge in [0.1, 0.15) is 5.92 Å². The first-order valence-electron chi connectivity index (χ1n) is 10.7. The molecule has 2 fully saturated rings. The Hall–Kier alpha value is -3.26. The van der Waals surface area contributed by atoms with Crippen LogP contribution in [-0.4, -0.2) is 29.6 Å². The van der Waals surface area contributed by atoms with Crippen molar-refractivity contribution in [1.29, 1.82) is 0 Å². The maximum atomic E-state index is 13.7. The van der Waals surface area contributed by atoms with Gasteiger partial charge in [-0.15, -0.1) is 0 Å². The number of hydroxylamine groups is 1. The number of carbonyl (C=O) groups excluding carboxylic acids is 2. The van der Waals surface area contributed by atoms with E-state index in [-0.39, 0.29) is 27.2 Å². The number of phenols is 1. The molecule has 0 saturated carbocycles. The van der Waals surface area contributed by atoms with Gasteiger partial charge < -0.3 is 9.84 Å². The second-order valence-corrected chi connectivity index (χ2v) is 8.71. The lowest BCUT2D eigenvalue weighted by Gasteiger charge is -2.29. The molecular weight excluding hydrogens is 479 g/mol. The molecule has 2 amide bonds. The topological polar surface area (TPSA) is 79.3 Å². The number of halogens is 2. The van der Waals surface area contributed by atoms with Crippen LogP contribution >= 0.6 is 23.2 Å². The molecule has 0 aliphatic carbocycles. The number of para-hydroxylation sites is 2. The molecule has 5 rings (SSSR count). The third-order valence-electron chi connectivity index (χ3n) is 5.91. The van der Waals surface area contributed by atoms with Gasteiger partial charge in [-0.25, -0.2) is 9.96 Å². The Morgan fingerprint density at radius 1 is 0.971 bits per heavy atom. The molecule has 3 atom stereocenters. The maximum absolute atomic E-state index is 13.7. The molecule has 1 N–H and O–H groups in total. The number of imide groups is 1. The van der Waals surface area contributed by atoms with Crippen molar-refractivity contribution in [2.24, 2.45) is 5.92 Å². The smallest absolute Gasteiger partial charge is 0.266 e. The number of anilines is 2. The number of carbonyl (C=O) groups is 2. The zero-order chi connectivity index (χ0) is 24.0. The van der Waals surface area contributed by atoms with Gasteiger partial charge in [-0.1, -0.05) is 53.5 Å². The van der Waals surface area contributed by atoms with Crippen molar-refractivity contribution in [2.75, 3.05) is 16.6 Å². The Balaban J connectivity index is 1.62. The first kappa shape index (κ1) is 22.5. The first-order chi connectivity index (χ1) is 16.4. The fraction of sp³-hybridized carbons (Fsp3) is 0.200. The molecule has 2 heterocycles. The van der Waals surface area contributed by atoms with Crippen LogP contribution < -0.4 is 14.7 Å². The number of fused-ring (bicyclic) bond motifs is 1. The second kappa shape index (κ2) is 8.83. The van der Waals surface area contributed by atoms with E-state index in [0.29, 0.717) is 17.9 Å². The third kappa shape index (κ3) is 3.57. The summed E-state index contributed by atoms with van der Waals surface area (Å²) < 4.78 is 5.55. The molecule has 2 aliphatic rings. The molecule has 0 bridgehead atoms. The zero-order valence-corrected chi connectivity index (χ0v) is 19.5. The van der Waals surface area contributed by atoms with Crippen LogP contribution in [0.15, 0.2) is 66.7 Å². The largest absolute Gasteiger partial charge is 0.504 e. The van der Waals surface area contributed by atoms with E-state index >= 15 is 0 Å². The predicted octanol–water partition coefficient (Wildman–Crippen LogP) is 5.15. The minimum atomic E-state index is -1.07. The van der Waals surface area contributed by atoms with Crippen molar-refractivity contribution in [3.63, 3.8) is 0 Å². The van der Waals surface area contributed by atoms with Crippen molar-refractivity contribution in [3.05, 3.63) is 82.3 Å². The average molecular weight is 499 g/mol. The van der Waals surface area contributed by atoms with E-state index in [9.17, 15) is 14.7 Å². The van der Waals surface area contributed by atoms with Crippen molar-refractivity contribution in [3.8, 4) is 11.5 Å². The number of phenolic OH excluding ortho intramolecular Hbond substituents is 1. The van der Waals surface area contributed by atoms with Crippen LogP contribution in [0, 0.1) is 5.92 Å². The fourth-order valence-corrected chi connectivity index (χ4v) is 5.03. The number of nitrogens with zero attached hydrogens (tertiary/aromatic N) is 2. The summed E-state index contributed by atoms with van der Waals surface area (Å²) in [6, 6.07) is 18.2.